The van der Waals surface area contributed by atoms with E-state index in [2.05, 4.69) is 35.8 Å². The summed E-state index contributed by atoms with van der Waals surface area (Å²) in [7, 11) is 0. The van der Waals surface area contributed by atoms with Crippen LogP contribution in [-0.2, 0) is 9.59 Å². The Kier molecular flexibility index (Phi) is 5.64. The highest BCUT2D eigenvalue weighted by molar-refractivity contribution is 5.94. The first-order valence-electron chi connectivity index (χ1n) is 9.71. The fourth-order valence-corrected chi connectivity index (χ4v) is 3.46. The molecule has 1 unspecified atom stereocenters. The van der Waals surface area contributed by atoms with E-state index in [-0.39, 0.29) is 17.7 Å². The first kappa shape index (κ1) is 19.5. The van der Waals surface area contributed by atoms with Crippen molar-refractivity contribution in [3.63, 3.8) is 0 Å². The van der Waals surface area contributed by atoms with Gasteiger partial charge >= 0.3 is 0 Å². The maximum atomic E-state index is 12.8. The maximum Gasteiger partial charge on any atom is 0.229 e. The van der Waals surface area contributed by atoms with E-state index in [0.717, 1.165) is 25.2 Å². The van der Waals surface area contributed by atoms with Crippen LogP contribution in [0.25, 0.3) is 5.82 Å². The second-order valence-electron chi connectivity index (χ2n) is 7.13. The number of piperidine rings is 1. The first-order chi connectivity index (χ1) is 14.6. The second kappa shape index (κ2) is 8.68. The van der Waals surface area contributed by atoms with Crippen LogP contribution in [0, 0.1) is 5.92 Å². The van der Waals surface area contributed by atoms with E-state index in [9.17, 15) is 9.59 Å². The molecule has 2 aromatic heterocycles. The number of anilines is 3. The zero-order valence-electron chi connectivity index (χ0n) is 16.5. The predicted octanol–water partition coefficient (Wildman–Crippen LogP) is 1.87. The number of benzene rings is 1. The Labute approximate surface area is 173 Å². The number of nitrogens with one attached hydrogen (secondary N) is 2. The minimum absolute atomic E-state index is 0.0492. The quantitative estimate of drug-likeness (QED) is 0.664. The van der Waals surface area contributed by atoms with Crippen LogP contribution in [0.3, 0.4) is 0 Å². The van der Waals surface area contributed by atoms with E-state index in [1.165, 1.54) is 17.9 Å². The van der Waals surface area contributed by atoms with E-state index in [4.69, 9.17) is 0 Å². The van der Waals surface area contributed by atoms with Crippen LogP contribution in [0.15, 0.2) is 49.1 Å². The summed E-state index contributed by atoms with van der Waals surface area (Å²) in [6, 6.07) is 10.8. The average Bonchev–Trinajstić information content (AvgIpc) is 3.29. The standard InChI is InChI=1S/C20H22N8O2/c1-14(29)23-16-5-2-6-17(10-16)24-20(30)15-4-3-9-27(11-15)18-7-8-19(26-25-18)28-13-21-12-22-28/h2,5-8,10,12-13,15H,3-4,9,11H2,1H3,(H,23,29)(H,24,30). The van der Waals surface area contributed by atoms with Crippen LogP contribution in [0.1, 0.15) is 19.8 Å². The van der Waals surface area contributed by atoms with E-state index in [1.807, 2.05) is 12.1 Å². The van der Waals surface area contributed by atoms with E-state index >= 15 is 0 Å². The van der Waals surface area contributed by atoms with Gasteiger partial charge in [-0.25, -0.2) is 9.67 Å². The van der Waals surface area contributed by atoms with Crippen molar-refractivity contribution in [2.75, 3.05) is 28.6 Å². The van der Waals surface area contributed by atoms with E-state index < -0.39 is 0 Å². The summed E-state index contributed by atoms with van der Waals surface area (Å²) in [5.41, 5.74) is 1.30. The van der Waals surface area contributed by atoms with Gasteiger partial charge in [-0.15, -0.1) is 10.2 Å². The summed E-state index contributed by atoms with van der Waals surface area (Å²) in [4.78, 5) is 30.0. The largest absolute Gasteiger partial charge is 0.354 e. The minimum Gasteiger partial charge on any atom is -0.354 e. The van der Waals surface area contributed by atoms with Crippen molar-refractivity contribution in [1.82, 2.24) is 25.0 Å². The van der Waals surface area contributed by atoms with Gasteiger partial charge in [0.15, 0.2) is 11.6 Å². The Bertz CT molecular complexity index is 1020. The number of hydrogen-bond acceptors (Lipinski definition) is 7. The Hall–Kier alpha value is -3.82. The Morgan fingerprint density at radius 3 is 2.53 bits per heavy atom. The van der Waals surface area contributed by atoms with Gasteiger partial charge in [0, 0.05) is 31.4 Å². The molecule has 4 rings (SSSR count). The smallest absolute Gasteiger partial charge is 0.229 e. The first-order valence-corrected chi connectivity index (χ1v) is 9.71. The third kappa shape index (κ3) is 4.59. The SMILES string of the molecule is CC(=O)Nc1cccc(NC(=O)C2CCCN(c3ccc(-n4cncn4)nn3)C2)c1. The molecule has 3 heterocycles. The van der Waals surface area contributed by atoms with E-state index in [0.29, 0.717) is 23.7 Å². The lowest BCUT2D eigenvalue weighted by atomic mass is 9.97. The Balaban J connectivity index is 1.40. The molecule has 1 aliphatic rings. The average molecular weight is 406 g/mol. The highest BCUT2D eigenvalue weighted by Gasteiger charge is 2.27. The molecule has 1 aromatic carbocycles. The van der Waals surface area contributed by atoms with Crippen molar-refractivity contribution >= 4 is 29.0 Å². The van der Waals surface area contributed by atoms with Gasteiger partial charge in [0.2, 0.25) is 11.8 Å². The highest BCUT2D eigenvalue weighted by Crippen LogP contribution is 2.23. The molecule has 0 aliphatic carbocycles. The molecule has 1 aliphatic heterocycles. The molecule has 3 aromatic rings. The summed E-state index contributed by atoms with van der Waals surface area (Å²) in [6.45, 7) is 2.83. The summed E-state index contributed by atoms with van der Waals surface area (Å²) in [5, 5.41) is 18.2. The molecule has 1 fully saturated rings. The van der Waals surface area contributed by atoms with Crippen molar-refractivity contribution < 1.29 is 9.59 Å². The lowest BCUT2D eigenvalue weighted by Gasteiger charge is -2.32. The van der Waals surface area contributed by atoms with Crippen LogP contribution >= 0.6 is 0 Å². The monoisotopic (exact) mass is 406 g/mol. The molecule has 0 radical (unpaired) electrons. The van der Waals surface area contributed by atoms with Gasteiger partial charge in [0.05, 0.1) is 5.92 Å². The van der Waals surface area contributed by atoms with Crippen LogP contribution < -0.4 is 15.5 Å². The second-order valence-corrected chi connectivity index (χ2v) is 7.13. The zero-order valence-corrected chi connectivity index (χ0v) is 16.5. The summed E-state index contributed by atoms with van der Waals surface area (Å²) < 4.78 is 1.54. The normalized spacial score (nSPS) is 16.2. The van der Waals surface area contributed by atoms with Crippen LogP contribution in [0.2, 0.25) is 0 Å². The van der Waals surface area contributed by atoms with Gasteiger partial charge in [-0.3, -0.25) is 9.59 Å². The maximum absolute atomic E-state index is 12.8. The molecule has 1 saturated heterocycles. The van der Waals surface area contributed by atoms with Crippen molar-refractivity contribution in [2.24, 2.45) is 5.92 Å². The third-order valence-corrected chi connectivity index (χ3v) is 4.86. The molecule has 0 saturated carbocycles. The Morgan fingerprint density at radius 1 is 1.07 bits per heavy atom. The number of aromatic nitrogens is 5. The van der Waals surface area contributed by atoms with Crippen LogP contribution in [-0.4, -0.2) is 49.9 Å². The van der Waals surface area contributed by atoms with Gasteiger partial charge in [-0.2, -0.15) is 5.10 Å². The predicted molar refractivity (Wildman–Crippen MR) is 111 cm³/mol. The minimum atomic E-state index is -0.167. The molecule has 154 valence electrons. The van der Waals surface area contributed by atoms with Gasteiger partial charge < -0.3 is 15.5 Å². The molecule has 30 heavy (non-hydrogen) atoms. The summed E-state index contributed by atoms with van der Waals surface area (Å²) in [6.07, 6.45) is 4.69. The molecule has 0 spiro atoms. The lowest BCUT2D eigenvalue weighted by Crippen LogP contribution is -2.41. The fraction of sp³-hybridized carbons (Fsp3) is 0.300. The molecule has 2 amide bonds. The number of carbonyl (C=O) groups excluding carboxylic acids is 2. The van der Waals surface area contributed by atoms with Gasteiger partial charge in [0.25, 0.3) is 0 Å². The topological polar surface area (TPSA) is 118 Å². The third-order valence-electron chi connectivity index (χ3n) is 4.86. The summed E-state index contributed by atoms with van der Waals surface area (Å²) in [5.74, 6) is 0.940. The van der Waals surface area contributed by atoms with E-state index in [1.54, 1.807) is 30.6 Å². The lowest BCUT2D eigenvalue weighted by molar-refractivity contribution is -0.120. The molecule has 2 N–H and O–H groups in total. The number of carbonyl (C=O) groups is 2. The fourth-order valence-electron chi connectivity index (χ4n) is 3.46. The number of amides is 2. The van der Waals surface area contributed by atoms with Gasteiger partial charge in [-0.1, -0.05) is 6.07 Å². The van der Waals surface area contributed by atoms with Crippen molar-refractivity contribution in [3.05, 3.63) is 49.1 Å². The van der Waals surface area contributed by atoms with Crippen molar-refractivity contribution in [1.29, 1.82) is 0 Å². The molecule has 1 atom stereocenters. The highest BCUT2D eigenvalue weighted by atomic mass is 16.2. The summed E-state index contributed by atoms with van der Waals surface area (Å²) >= 11 is 0. The zero-order chi connectivity index (χ0) is 20.9. The van der Waals surface area contributed by atoms with Gasteiger partial charge in [0.1, 0.15) is 12.7 Å². The molecule has 10 nitrogen and oxygen atoms in total. The number of nitrogens with zero attached hydrogens (tertiary/aromatic N) is 6. The number of rotatable bonds is 5. The van der Waals surface area contributed by atoms with Crippen LogP contribution in [0.4, 0.5) is 17.2 Å². The molecule has 10 heteroatoms. The van der Waals surface area contributed by atoms with Gasteiger partial charge in [-0.05, 0) is 43.2 Å². The molecular weight excluding hydrogens is 384 g/mol. The molecular formula is C20H22N8O2. The van der Waals surface area contributed by atoms with Crippen molar-refractivity contribution in [2.45, 2.75) is 19.8 Å². The Morgan fingerprint density at radius 2 is 1.83 bits per heavy atom. The van der Waals surface area contributed by atoms with Crippen molar-refractivity contribution in [3.8, 4) is 5.82 Å². The number of hydrogen-bond donors (Lipinski definition) is 2. The molecule has 0 bridgehead atoms. The van der Waals surface area contributed by atoms with Crippen LogP contribution in [0.5, 0.6) is 0 Å².